The molecule has 0 saturated heterocycles. The minimum Gasteiger partial charge on any atom is -0.309 e. The van der Waals surface area contributed by atoms with Gasteiger partial charge in [0.2, 0.25) is 0 Å². The highest BCUT2D eigenvalue weighted by Gasteiger charge is 2.38. The molecule has 2 nitrogen and oxygen atoms in total. The number of hydrogen-bond donors (Lipinski definition) is 0. The van der Waals surface area contributed by atoms with Crippen molar-refractivity contribution in [2.45, 2.75) is 19.3 Å². The fourth-order valence-electron chi connectivity index (χ4n) is 10.1. The fourth-order valence-corrected chi connectivity index (χ4v) is 10.1. The van der Waals surface area contributed by atoms with Crippen LogP contribution in [0.2, 0.25) is 0 Å². The molecule has 9 aromatic carbocycles. The highest BCUT2D eigenvalue weighted by atomic mass is 15.0. The Hall–Kier alpha value is -7.16. The summed E-state index contributed by atoms with van der Waals surface area (Å²) in [6.07, 6.45) is 0. The van der Waals surface area contributed by atoms with Crippen molar-refractivity contribution in [1.82, 2.24) is 9.13 Å². The zero-order chi connectivity index (χ0) is 37.8. The molecular formula is C55H38N2. The van der Waals surface area contributed by atoms with Crippen molar-refractivity contribution in [3.63, 3.8) is 0 Å². The standard InChI is InChI=1S/C55H38N2/c1-55(2)47-23-10-8-21-42(47)44-28-31-52-53(54(44)55)46-34-39(27-30-51(46)57(52)48-25-13-17-36-16-6-7-20-41(36)48)38-26-29-50-45(33-38)43-22-9-11-24-49(43)56(50)40-19-12-18-37(32-40)35-14-4-3-5-15-35/h3-34H,1-2H3. The summed E-state index contributed by atoms with van der Waals surface area (Å²) < 4.78 is 4.93. The van der Waals surface area contributed by atoms with E-state index in [9.17, 15) is 0 Å². The van der Waals surface area contributed by atoms with Crippen LogP contribution in [0.3, 0.4) is 0 Å². The lowest BCUT2D eigenvalue weighted by molar-refractivity contribution is 0.666. The van der Waals surface area contributed by atoms with Crippen LogP contribution in [0.1, 0.15) is 25.0 Å². The van der Waals surface area contributed by atoms with Crippen LogP contribution in [0.25, 0.3) is 99.1 Å². The summed E-state index contributed by atoms with van der Waals surface area (Å²) in [5.74, 6) is 0. The average molecular weight is 727 g/mol. The summed E-state index contributed by atoms with van der Waals surface area (Å²) in [7, 11) is 0. The largest absolute Gasteiger partial charge is 0.309 e. The van der Waals surface area contributed by atoms with E-state index in [1.165, 1.54) is 105 Å². The molecule has 2 heterocycles. The SMILES string of the molecule is CC1(C)c2ccccc2-c2ccc3c(c21)c1cc(-c2ccc4c(c2)c2ccccc2n4-c2cccc(-c4ccccc4)c2)ccc1n3-c1cccc2ccccc12. The van der Waals surface area contributed by atoms with Crippen molar-refractivity contribution in [3.05, 3.63) is 205 Å². The van der Waals surface area contributed by atoms with E-state index in [1.54, 1.807) is 0 Å². The van der Waals surface area contributed by atoms with Gasteiger partial charge in [0.05, 0.1) is 27.8 Å². The number of rotatable bonds is 4. The molecule has 0 fully saturated rings. The third-order valence-corrected chi connectivity index (χ3v) is 12.7. The van der Waals surface area contributed by atoms with E-state index in [2.05, 4.69) is 217 Å². The number of fused-ring (bicyclic) bond motifs is 11. The molecule has 1 aliphatic carbocycles. The molecule has 57 heavy (non-hydrogen) atoms. The third-order valence-electron chi connectivity index (χ3n) is 12.7. The summed E-state index contributed by atoms with van der Waals surface area (Å²) in [5, 5.41) is 7.63. The number of para-hydroxylation sites is 1. The maximum absolute atomic E-state index is 2.51. The normalized spacial score (nSPS) is 13.2. The molecule has 2 aromatic heterocycles. The van der Waals surface area contributed by atoms with Crippen molar-refractivity contribution >= 4 is 54.4 Å². The van der Waals surface area contributed by atoms with E-state index in [4.69, 9.17) is 0 Å². The Labute approximate surface area is 331 Å². The van der Waals surface area contributed by atoms with Gasteiger partial charge in [-0.1, -0.05) is 153 Å². The topological polar surface area (TPSA) is 9.86 Å². The molecular weight excluding hydrogens is 689 g/mol. The molecule has 0 amide bonds. The zero-order valence-electron chi connectivity index (χ0n) is 31.9. The third kappa shape index (κ3) is 4.59. The lowest BCUT2D eigenvalue weighted by atomic mass is 9.80. The maximum atomic E-state index is 2.51. The van der Waals surface area contributed by atoms with E-state index in [1.807, 2.05) is 0 Å². The van der Waals surface area contributed by atoms with E-state index in [0.717, 1.165) is 5.69 Å². The number of nitrogens with zero attached hydrogens (tertiary/aromatic N) is 2. The van der Waals surface area contributed by atoms with Crippen LogP contribution in [0, 0.1) is 0 Å². The molecule has 0 aliphatic heterocycles. The molecule has 0 radical (unpaired) electrons. The summed E-state index contributed by atoms with van der Waals surface area (Å²) in [5.41, 5.74) is 17.5. The molecule has 0 bridgehead atoms. The van der Waals surface area contributed by atoms with Crippen molar-refractivity contribution < 1.29 is 0 Å². The molecule has 268 valence electrons. The van der Waals surface area contributed by atoms with Gasteiger partial charge >= 0.3 is 0 Å². The molecule has 0 saturated carbocycles. The minimum absolute atomic E-state index is 0.155. The first kappa shape index (κ1) is 32.1. The smallest absolute Gasteiger partial charge is 0.0544 e. The Morgan fingerprint density at radius 1 is 0.368 bits per heavy atom. The van der Waals surface area contributed by atoms with Gasteiger partial charge in [0.1, 0.15) is 0 Å². The lowest BCUT2D eigenvalue weighted by Gasteiger charge is -2.22. The number of hydrogen-bond acceptors (Lipinski definition) is 0. The first-order valence-electron chi connectivity index (χ1n) is 19.9. The Morgan fingerprint density at radius 2 is 0.982 bits per heavy atom. The van der Waals surface area contributed by atoms with Crippen LogP contribution in [0.15, 0.2) is 194 Å². The van der Waals surface area contributed by atoms with Crippen LogP contribution >= 0.6 is 0 Å². The number of aromatic nitrogens is 2. The lowest BCUT2D eigenvalue weighted by Crippen LogP contribution is -2.15. The van der Waals surface area contributed by atoms with Gasteiger partial charge in [0.15, 0.2) is 0 Å². The van der Waals surface area contributed by atoms with E-state index in [0.29, 0.717) is 0 Å². The molecule has 0 atom stereocenters. The quantitative estimate of drug-likeness (QED) is 0.171. The Morgan fingerprint density at radius 3 is 1.84 bits per heavy atom. The molecule has 0 N–H and O–H groups in total. The van der Waals surface area contributed by atoms with Crippen LogP contribution in [0.5, 0.6) is 0 Å². The van der Waals surface area contributed by atoms with Gasteiger partial charge < -0.3 is 9.13 Å². The highest BCUT2D eigenvalue weighted by Crippen LogP contribution is 2.53. The molecule has 0 spiro atoms. The maximum Gasteiger partial charge on any atom is 0.0544 e. The predicted molar refractivity (Wildman–Crippen MR) is 241 cm³/mol. The first-order valence-corrected chi connectivity index (χ1v) is 19.9. The summed E-state index contributed by atoms with van der Waals surface area (Å²) >= 11 is 0. The second kappa shape index (κ2) is 11.9. The molecule has 1 aliphatic rings. The number of benzene rings is 9. The first-order chi connectivity index (χ1) is 28.0. The van der Waals surface area contributed by atoms with Gasteiger partial charge in [-0.2, -0.15) is 0 Å². The van der Waals surface area contributed by atoms with Crippen molar-refractivity contribution in [1.29, 1.82) is 0 Å². The Balaban J connectivity index is 1.10. The summed E-state index contributed by atoms with van der Waals surface area (Å²) in [4.78, 5) is 0. The van der Waals surface area contributed by atoms with Crippen LogP contribution < -0.4 is 0 Å². The van der Waals surface area contributed by atoms with Gasteiger partial charge in [-0.15, -0.1) is 0 Å². The summed E-state index contributed by atoms with van der Waals surface area (Å²) in [6, 6.07) is 71.7. The Kier molecular flexibility index (Phi) is 6.72. The monoisotopic (exact) mass is 726 g/mol. The van der Waals surface area contributed by atoms with Gasteiger partial charge in [-0.25, -0.2) is 0 Å². The second-order valence-electron chi connectivity index (χ2n) is 16.1. The van der Waals surface area contributed by atoms with Crippen molar-refractivity contribution in [2.24, 2.45) is 0 Å². The fraction of sp³-hybridized carbons (Fsp3) is 0.0545. The van der Waals surface area contributed by atoms with Crippen LogP contribution in [-0.2, 0) is 5.41 Å². The van der Waals surface area contributed by atoms with E-state index >= 15 is 0 Å². The molecule has 12 rings (SSSR count). The van der Waals surface area contributed by atoms with E-state index in [-0.39, 0.29) is 5.41 Å². The minimum atomic E-state index is -0.155. The van der Waals surface area contributed by atoms with Gasteiger partial charge in [-0.05, 0) is 104 Å². The zero-order valence-corrected chi connectivity index (χ0v) is 31.9. The Bertz CT molecular complexity index is 3420. The summed E-state index contributed by atoms with van der Waals surface area (Å²) in [6.45, 7) is 4.81. The van der Waals surface area contributed by atoms with Crippen LogP contribution in [0.4, 0.5) is 0 Å². The van der Waals surface area contributed by atoms with Crippen molar-refractivity contribution in [2.75, 3.05) is 0 Å². The predicted octanol–water partition coefficient (Wildman–Crippen LogP) is 14.7. The van der Waals surface area contributed by atoms with Crippen molar-refractivity contribution in [3.8, 4) is 44.8 Å². The highest BCUT2D eigenvalue weighted by molar-refractivity contribution is 6.17. The molecule has 0 unspecified atom stereocenters. The molecule has 2 heteroatoms. The van der Waals surface area contributed by atoms with Gasteiger partial charge in [0, 0.05) is 38.0 Å². The molecule has 11 aromatic rings. The van der Waals surface area contributed by atoms with Gasteiger partial charge in [-0.3, -0.25) is 0 Å². The van der Waals surface area contributed by atoms with E-state index < -0.39 is 0 Å². The van der Waals surface area contributed by atoms with Crippen LogP contribution in [-0.4, -0.2) is 9.13 Å². The second-order valence-corrected chi connectivity index (χ2v) is 16.1. The van der Waals surface area contributed by atoms with Gasteiger partial charge in [0.25, 0.3) is 0 Å². The average Bonchev–Trinajstić information content (AvgIpc) is 3.86.